The maximum Gasteiger partial charge on any atom is 0.255 e. The minimum Gasteiger partial charge on any atom is -0.493 e. The highest BCUT2D eigenvalue weighted by atomic mass is 35.5. The van der Waals surface area contributed by atoms with Gasteiger partial charge >= 0.3 is 0 Å². The van der Waals surface area contributed by atoms with Gasteiger partial charge in [-0.1, -0.05) is 54.1 Å². The highest BCUT2D eigenvalue weighted by molar-refractivity contribution is 6.30. The first-order valence-electron chi connectivity index (χ1n) is 16.4. The van der Waals surface area contributed by atoms with Gasteiger partial charge < -0.3 is 35.6 Å². The fraction of sp³-hybridized carbons (Fsp3) is 0.361. The Bertz CT molecular complexity index is 1620. The fourth-order valence-electron chi connectivity index (χ4n) is 5.77. The molecule has 3 atom stereocenters. The molecule has 5 amide bonds. The Kier molecular flexibility index (Phi) is 12.5. The van der Waals surface area contributed by atoms with Gasteiger partial charge in [-0.3, -0.25) is 24.0 Å². The van der Waals surface area contributed by atoms with Gasteiger partial charge in [0.1, 0.15) is 36.2 Å². The summed E-state index contributed by atoms with van der Waals surface area (Å²) in [6.07, 6.45) is 1.26. The lowest BCUT2D eigenvalue weighted by Gasteiger charge is -2.28. The number of ether oxygens (including phenoxy) is 2. The summed E-state index contributed by atoms with van der Waals surface area (Å²) in [4.78, 5) is 69.1. The first-order valence-corrected chi connectivity index (χ1v) is 16.8. The summed E-state index contributed by atoms with van der Waals surface area (Å²) in [5.41, 5.74) is 1.05. The van der Waals surface area contributed by atoms with Gasteiger partial charge in [-0.25, -0.2) is 0 Å². The Balaban J connectivity index is 1.34. The molecule has 0 unspecified atom stereocenters. The highest BCUT2D eigenvalue weighted by Crippen LogP contribution is 2.22. The largest absolute Gasteiger partial charge is 0.493 e. The van der Waals surface area contributed by atoms with Crippen molar-refractivity contribution in [3.8, 4) is 11.5 Å². The maximum absolute atomic E-state index is 13.8. The van der Waals surface area contributed by atoms with Gasteiger partial charge in [0.15, 0.2) is 0 Å². The third-order valence-electron chi connectivity index (χ3n) is 8.29. The zero-order chi connectivity index (χ0) is 34.6. The van der Waals surface area contributed by atoms with Crippen LogP contribution in [0.5, 0.6) is 11.5 Å². The van der Waals surface area contributed by atoms with Crippen LogP contribution in [-0.4, -0.2) is 85.4 Å². The molecule has 1 fully saturated rings. The molecular weight excluding hydrogens is 650 g/mol. The number of benzene rings is 3. The molecule has 2 aliphatic heterocycles. The lowest BCUT2D eigenvalue weighted by atomic mass is 10.0. The SMILES string of the molecule is O=C1N[C@H](C(=O)NCCOc2ccc(Cl)cc2)CC(=O)N2CCC[C@H]2C(=O)N[C@@H](Cc2ccccc2)C(=O)NCCCOc2ccccc21. The van der Waals surface area contributed by atoms with Crippen molar-refractivity contribution >= 4 is 41.1 Å². The summed E-state index contributed by atoms with van der Waals surface area (Å²) in [5.74, 6) is -1.62. The van der Waals surface area contributed by atoms with E-state index in [-0.39, 0.29) is 44.2 Å². The molecule has 0 aromatic heterocycles. The zero-order valence-corrected chi connectivity index (χ0v) is 27.7. The van der Waals surface area contributed by atoms with Gasteiger partial charge in [-0.2, -0.15) is 0 Å². The standard InChI is InChI=1S/C36H40ClN5O7/c37-25-13-15-26(16-14-25)48-21-18-39-35(46)29-23-32(43)42-19-6-11-30(42)36(47)41-28(22-24-8-2-1-3-9-24)34(45)38-17-7-20-49-31-12-5-4-10-27(31)33(44)40-29/h1-5,8-10,12-16,28-30H,6-7,11,17-23H2,(H,38,45)(H,39,46)(H,40,44)(H,41,47)/t28-,29-,30-/m0/s1. The van der Waals surface area contributed by atoms with E-state index in [1.807, 2.05) is 30.3 Å². The summed E-state index contributed by atoms with van der Waals surface area (Å²) in [7, 11) is 0. The van der Waals surface area contributed by atoms with Crippen molar-refractivity contribution in [3.63, 3.8) is 0 Å². The van der Waals surface area contributed by atoms with Crippen molar-refractivity contribution in [1.29, 1.82) is 0 Å². The van der Waals surface area contributed by atoms with Crippen LogP contribution in [0, 0.1) is 0 Å². The molecule has 2 aliphatic rings. The van der Waals surface area contributed by atoms with E-state index in [0.717, 1.165) is 5.56 Å². The molecule has 0 saturated carbocycles. The number of nitrogens with one attached hydrogen (secondary N) is 4. The highest BCUT2D eigenvalue weighted by Gasteiger charge is 2.38. The summed E-state index contributed by atoms with van der Waals surface area (Å²) in [6, 6.07) is 19.8. The lowest BCUT2D eigenvalue weighted by Crippen LogP contribution is -2.55. The molecule has 49 heavy (non-hydrogen) atoms. The van der Waals surface area contributed by atoms with E-state index >= 15 is 0 Å². The zero-order valence-electron chi connectivity index (χ0n) is 27.0. The van der Waals surface area contributed by atoms with Crippen LogP contribution in [0.4, 0.5) is 0 Å². The second-order valence-electron chi connectivity index (χ2n) is 11.8. The van der Waals surface area contributed by atoms with Crippen molar-refractivity contribution in [2.45, 2.75) is 50.2 Å². The predicted octanol–water partition coefficient (Wildman–Crippen LogP) is 2.64. The molecule has 3 aromatic rings. The summed E-state index contributed by atoms with van der Waals surface area (Å²) < 4.78 is 11.6. The van der Waals surface area contributed by atoms with Crippen LogP contribution in [0.1, 0.15) is 41.6 Å². The molecule has 5 rings (SSSR count). The van der Waals surface area contributed by atoms with Crippen LogP contribution in [-0.2, 0) is 25.6 Å². The second kappa shape index (κ2) is 17.3. The van der Waals surface area contributed by atoms with Crippen LogP contribution in [0.2, 0.25) is 5.02 Å². The van der Waals surface area contributed by atoms with Crippen molar-refractivity contribution in [2.24, 2.45) is 0 Å². The van der Waals surface area contributed by atoms with Gasteiger partial charge in [0, 0.05) is 24.5 Å². The van der Waals surface area contributed by atoms with Gasteiger partial charge in [0.25, 0.3) is 5.91 Å². The topological polar surface area (TPSA) is 155 Å². The average Bonchev–Trinajstić information content (AvgIpc) is 3.61. The number of fused-ring (bicyclic) bond motifs is 2. The van der Waals surface area contributed by atoms with Crippen LogP contribution >= 0.6 is 11.6 Å². The number of rotatable bonds is 7. The van der Waals surface area contributed by atoms with Crippen LogP contribution in [0.15, 0.2) is 78.9 Å². The molecule has 4 N–H and O–H groups in total. The molecule has 258 valence electrons. The van der Waals surface area contributed by atoms with Crippen molar-refractivity contribution < 1.29 is 33.4 Å². The van der Waals surface area contributed by atoms with Gasteiger partial charge in [0.2, 0.25) is 23.6 Å². The predicted molar refractivity (Wildman–Crippen MR) is 182 cm³/mol. The first-order chi connectivity index (χ1) is 23.8. The number of nitrogens with zero attached hydrogens (tertiary/aromatic N) is 1. The molecule has 0 radical (unpaired) electrons. The molecular formula is C36H40ClN5O7. The Morgan fingerprint density at radius 3 is 2.47 bits per heavy atom. The second-order valence-corrected chi connectivity index (χ2v) is 12.2. The number of amides is 5. The van der Waals surface area contributed by atoms with E-state index in [1.165, 1.54) is 4.90 Å². The lowest BCUT2D eigenvalue weighted by molar-refractivity contribution is -0.140. The smallest absolute Gasteiger partial charge is 0.255 e. The molecule has 0 bridgehead atoms. The molecule has 2 heterocycles. The average molecular weight is 690 g/mol. The summed E-state index contributed by atoms with van der Waals surface area (Å²) in [6.45, 7) is 0.978. The van der Waals surface area contributed by atoms with Gasteiger partial charge in [0.05, 0.1) is 25.1 Å². The fourth-order valence-corrected chi connectivity index (χ4v) is 5.89. The van der Waals surface area contributed by atoms with E-state index in [9.17, 15) is 24.0 Å². The normalized spacial score (nSPS) is 20.7. The summed E-state index contributed by atoms with van der Waals surface area (Å²) >= 11 is 5.93. The number of hydrogen-bond acceptors (Lipinski definition) is 7. The van der Waals surface area contributed by atoms with E-state index in [2.05, 4.69) is 21.3 Å². The number of para-hydroxylation sites is 1. The van der Waals surface area contributed by atoms with E-state index in [4.69, 9.17) is 21.1 Å². The van der Waals surface area contributed by atoms with Crippen molar-refractivity contribution in [2.75, 3.05) is 32.8 Å². The Hall–Kier alpha value is -5.10. The minimum absolute atomic E-state index is 0.0985. The molecule has 0 spiro atoms. The number of hydrogen-bond donors (Lipinski definition) is 4. The third-order valence-corrected chi connectivity index (χ3v) is 8.54. The van der Waals surface area contributed by atoms with Crippen molar-refractivity contribution in [3.05, 3.63) is 95.0 Å². The maximum atomic E-state index is 13.8. The molecule has 13 heteroatoms. The molecule has 3 aromatic carbocycles. The van der Waals surface area contributed by atoms with E-state index < -0.39 is 48.2 Å². The van der Waals surface area contributed by atoms with Crippen LogP contribution in [0.25, 0.3) is 0 Å². The number of halogens is 1. The van der Waals surface area contributed by atoms with Crippen molar-refractivity contribution in [1.82, 2.24) is 26.2 Å². The molecule has 0 aliphatic carbocycles. The van der Waals surface area contributed by atoms with E-state index in [1.54, 1.807) is 48.5 Å². The first kappa shape index (κ1) is 35.2. The molecule has 1 saturated heterocycles. The monoisotopic (exact) mass is 689 g/mol. The summed E-state index contributed by atoms with van der Waals surface area (Å²) in [5, 5.41) is 11.8. The quantitative estimate of drug-likeness (QED) is 0.278. The van der Waals surface area contributed by atoms with E-state index in [0.29, 0.717) is 42.3 Å². The number of carbonyl (C=O) groups is 5. The number of carbonyl (C=O) groups excluding carboxylic acids is 5. The Morgan fingerprint density at radius 2 is 1.67 bits per heavy atom. The third kappa shape index (κ3) is 9.96. The Morgan fingerprint density at radius 1 is 0.918 bits per heavy atom. The van der Waals surface area contributed by atoms with Crippen LogP contribution < -0.4 is 30.7 Å². The Labute approximate surface area is 289 Å². The van der Waals surface area contributed by atoms with Gasteiger partial charge in [-0.15, -0.1) is 0 Å². The van der Waals surface area contributed by atoms with Gasteiger partial charge in [-0.05, 0) is 61.2 Å². The minimum atomic E-state index is -1.26. The molecule has 12 nitrogen and oxygen atoms in total. The van der Waals surface area contributed by atoms with Crippen LogP contribution in [0.3, 0.4) is 0 Å².